The van der Waals surface area contributed by atoms with Crippen LogP contribution in [-0.2, 0) is 11.3 Å². The first-order valence-electron chi connectivity index (χ1n) is 6.22. The number of amides is 1. The van der Waals surface area contributed by atoms with Gasteiger partial charge in [-0.05, 0) is 12.1 Å². The van der Waals surface area contributed by atoms with E-state index in [4.69, 9.17) is 4.74 Å². The molecule has 1 aromatic heterocycles. The average molecular weight is 296 g/mol. The summed E-state index contributed by atoms with van der Waals surface area (Å²) in [5, 5.41) is 9.92. The van der Waals surface area contributed by atoms with Crippen LogP contribution < -0.4 is 5.32 Å². The van der Waals surface area contributed by atoms with Crippen LogP contribution in [0.15, 0.2) is 24.4 Å². The van der Waals surface area contributed by atoms with E-state index in [0.29, 0.717) is 13.2 Å². The topological polar surface area (TPSA) is 69.0 Å². The summed E-state index contributed by atoms with van der Waals surface area (Å²) < 4.78 is 33.0. The molecule has 0 saturated heterocycles. The summed E-state index contributed by atoms with van der Waals surface area (Å²) in [5.41, 5.74) is -0.0587. The highest BCUT2D eigenvalue weighted by Gasteiger charge is 2.13. The minimum absolute atomic E-state index is 0.0721. The maximum atomic E-state index is 13.5. The summed E-state index contributed by atoms with van der Waals surface area (Å²) in [7, 11) is 1.52. The van der Waals surface area contributed by atoms with Crippen molar-refractivity contribution in [2.24, 2.45) is 0 Å². The smallest absolute Gasteiger partial charge is 0.273 e. The number of nitrogens with one attached hydrogen (secondary N) is 1. The van der Waals surface area contributed by atoms with Gasteiger partial charge in [0.1, 0.15) is 11.6 Å². The van der Waals surface area contributed by atoms with E-state index in [1.165, 1.54) is 24.1 Å². The Labute approximate surface area is 119 Å². The number of benzene rings is 1. The van der Waals surface area contributed by atoms with Gasteiger partial charge >= 0.3 is 0 Å². The molecule has 6 nitrogen and oxygen atoms in total. The van der Waals surface area contributed by atoms with Crippen molar-refractivity contribution in [2.45, 2.75) is 6.54 Å². The Balaban J connectivity index is 2.05. The number of methoxy groups -OCH3 is 1. The quantitative estimate of drug-likeness (QED) is 0.807. The van der Waals surface area contributed by atoms with Crippen LogP contribution in [0.5, 0.6) is 0 Å². The van der Waals surface area contributed by atoms with Gasteiger partial charge in [0.05, 0.1) is 19.3 Å². The number of nitrogens with zero attached hydrogens (tertiary/aromatic N) is 3. The number of hydrogen-bond donors (Lipinski definition) is 1. The fraction of sp³-hybridized carbons (Fsp3) is 0.308. The van der Waals surface area contributed by atoms with Crippen LogP contribution in [0, 0.1) is 11.6 Å². The van der Waals surface area contributed by atoms with Crippen molar-refractivity contribution in [1.29, 1.82) is 0 Å². The first-order chi connectivity index (χ1) is 10.1. The van der Waals surface area contributed by atoms with E-state index >= 15 is 0 Å². The van der Waals surface area contributed by atoms with Crippen LogP contribution in [0.3, 0.4) is 0 Å². The normalized spacial score (nSPS) is 10.6. The average Bonchev–Trinajstić information content (AvgIpc) is 2.92. The van der Waals surface area contributed by atoms with Gasteiger partial charge in [0.25, 0.3) is 5.91 Å². The maximum Gasteiger partial charge on any atom is 0.273 e. The van der Waals surface area contributed by atoms with Gasteiger partial charge in [0.15, 0.2) is 5.69 Å². The molecule has 0 aliphatic carbocycles. The zero-order valence-corrected chi connectivity index (χ0v) is 11.3. The Morgan fingerprint density at radius 3 is 2.76 bits per heavy atom. The van der Waals surface area contributed by atoms with Crippen LogP contribution in [0.2, 0.25) is 0 Å². The second-order valence-corrected chi connectivity index (χ2v) is 4.25. The first-order valence-corrected chi connectivity index (χ1v) is 6.22. The molecule has 0 unspecified atom stereocenters. The number of ether oxygens (including phenoxy) is 1. The van der Waals surface area contributed by atoms with Gasteiger partial charge in [-0.25, -0.2) is 13.5 Å². The molecule has 0 atom stereocenters. The van der Waals surface area contributed by atoms with E-state index in [2.05, 4.69) is 15.6 Å². The lowest BCUT2D eigenvalue weighted by atomic mass is 10.2. The zero-order valence-electron chi connectivity index (χ0n) is 11.3. The third kappa shape index (κ3) is 3.82. The van der Waals surface area contributed by atoms with E-state index in [-0.39, 0.29) is 17.8 Å². The molecule has 1 heterocycles. The summed E-state index contributed by atoms with van der Waals surface area (Å²) in [6.07, 6.45) is 1.33. The maximum absolute atomic E-state index is 13.5. The summed E-state index contributed by atoms with van der Waals surface area (Å²) in [4.78, 5) is 11.7. The van der Waals surface area contributed by atoms with Crippen molar-refractivity contribution in [3.05, 3.63) is 47.3 Å². The van der Waals surface area contributed by atoms with E-state index in [9.17, 15) is 13.6 Å². The van der Waals surface area contributed by atoms with Gasteiger partial charge in [-0.1, -0.05) is 11.3 Å². The summed E-state index contributed by atoms with van der Waals surface area (Å²) in [6.45, 7) is 0.571. The highest BCUT2D eigenvalue weighted by molar-refractivity contribution is 5.91. The van der Waals surface area contributed by atoms with Crippen molar-refractivity contribution in [1.82, 2.24) is 20.3 Å². The van der Waals surface area contributed by atoms with Crippen molar-refractivity contribution in [2.75, 3.05) is 20.3 Å². The highest BCUT2D eigenvalue weighted by atomic mass is 19.1. The van der Waals surface area contributed by atoms with Gasteiger partial charge in [-0.3, -0.25) is 4.79 Å². The second-order valence-electron chi connectivity index (χ2n) is 4.25. The van der Waals surface area contributed by atoms with Crippen LogP contribution in [-0.4, -0.2) is 41.2 Å². The van der Waals surface area contributed by atoms with Crippen molar-refractivity contribution in [3.8, 4) is 0 Å². The SMILES string of the molecule is COCCNC(=O)c1cn(Cc2c(F)cccc2F)nn1. The number of carbonyl (C=O) groups is 1. The summed E-state index contributed by atoms with van der Waals surface area (Å²) in [5.74, 6) is -1.76. The molecule has 1 amide bonds. The molecule has 2 aromatic rings. The molecule has 2 rings (SSSR count). The molecule has 0 bridgehead atoms. The number of aromatic nitrogens is 3. The van der Waals surface area contributed by atoms with Crippen LogP contribution >= 0.6 is 0 Å². The second kappa shape index (κ2) is 6.89. The molecule has 0 aliphatic heterocycles. The largest absolute Gasteiger partial charge is 0.383 e. The van der Waals surface area contributed by atoms with Crippen LogP contribution in [0.4, 0.5) is 8.78 Å². The van der Waals surface area contributed by atoms with Crippen LogP contribution in [0.1, 0.15) is 16.1 Å². The lowest BCUT2D eigenvalue weighted by Gasteiger charge is -2.04. The number of rotatable bonds is 6. The number of halogens is 2. The molecule has 1 N–H and O–H groups in total. The molecule has 1 aromatic carbocycles. The monoisotopic (exact) mass is 296 g/mol. The standard InChI is InChI=1S/C13H14F2N4O2/c1-21-6-5-16-13(20)12-8-19(18-17-12)7-9-10(14)3-2-4-11(9)15/h2-4,8H,5-7H2,1H3,(H,16,20). The van der Waals surface area contributed by atoms with E-state index in [0.717, 1.165) is 12.1 Å². The Morgan fingerprint density at radius 2 is 2.10 bits per heavy atom. The molecular formula is C13H14F2N4O2. The molecule has 112 valence electrons. The molecule has 0 fully saturated rings. The Bertz CT molecular complexity index is 610. The van der Waals surface area contributed by atoms with E-state index < -0.39 is 17.5 Å². The molecule has 0 spiro atoms. The van der Waals surface area contributed by atoms with E-state index in [1.807, 2.05) is 0 Å². The lowest BCUT2D eigenvalue weighted by Crippen LogP contribution is -2.27. The molecule has 8 heteroatoms. The van der Waals surface area contributed by atoms with Gasteiger partial charge in [0, 0.05) is 19.2 Å². The third-order valence-corrected chi connectivity index (χ3v) is 2.74. The van der Waals surface area contributed by atoms with Crippen molar-refractivity contribution < 1.29 is 18.3 Å². The van der Waals surface area contributed by atoms with Crippen molar-refractivity contribution in [3.63, 3.8) is 0 Å². The highest BCUT2D eigenvalue weighted by Crippen LogP contribution is 2.13. The van der Waals surface area contributed by atoms with Gasteiger partial charge < -0.3 is 10.1 Å². The number of hydrogen-bond acceptors (Lipinski definition) is 4. The van der Waals surface area contributed by atoms with Gasteiger partial charge in [-0.2, -0.15) is 0 Å². The minimum Gasteiger partial charge on any atom is -0.383 e. The molecular weight excluding hydrogens is 282 g/mol. The molecule has 0 aliphatic rings. The van der Waals surface area contributed by atoms with Crippen molar-refractivity contribution >= 4 is 5.91 Å². The summed E-state index contributed by atoms with van der Waals surface area (Å²) in [6, 6.07) is 3.60. The lowest BCUT2D eigenvalue weighted by molar-refractivity contribution is 0.0932. The fourth-order valence-corrected chi connectivity index (χ4v) is 1.68. The zero-order chi connectivity index (χ0) is 15.2. The van der Waals surface area contributed by atoms with E-state index in [1.54, 1.807) is 0 Å². The van der Waals surface area contributed by atoms with Gasteiger partial charge in [-0.15, -0.1) is 5.10 Å². The Morgan fingerprint density at radius 1 is 1.38 bits per heavy atom. The molecule has 0 radical (unpaired) electrons. The predicted octanol–water partition coefficient (Wildman–Crippen LogP) is 0.981. The predicted molar refractivity (Wildman–Crippen MR) is 69.7 cm³/mol. The third-order valence-electron chi connectivity index (χ3n) is 2.74. The Kier molecular flexibility index (Phi) is 4.94. The first kappa shape index (κ1) is 15.0. The minimum atomic E-state index is -0.670. The Hall–Kier alpha value is -2.35. The van der Waals surface area contributed by atoms with Gasteiger partial charge in [0.2, 0.25) is 0 Å². The molecule has 0 saturated carbocycles. The van der Waals surface area contributed by atoms with Crippen LogP contribution in [0.25, 0.3) is 0 Å². The number of carbonyl (C=O) groups excluding carboxylic acids is 1. The fourth-order valence-electron chi connectivity index (χ4n) is 1.68. The summed E-state index contributed by atoms with van der Waals surface area (Å²) >= 11 is 0. The molecule has 21 heavy (non-hydrogen) atoms.